The van der Waals surface area contributed by atoms with Crippen molar-refractivity contribution in [1.29, 1.82) is 0 Å². The van der Waals surface area contributed by atoms with Crippen molar-refractivity contribution in [1.82, 2.24) is 0 Å². The predicted molar refractivity (Wildman–Crippen MR) is 38.8 cm³/mol. The molecule has 0 amide bonds. The predicted octanol–water partition coefficient (Wildman–Crippen LogP) is -0.944. The van der Waals surface area contributed by atoms with Crippen LogP contribution >= 0.6 is 0 Å². The van der Waals surface area contributed by atoms with Crippen LogP contribution in [0.15, 0.2) is 0 Å². The quantitative estimate of drug-likeness (QED) is 0.367. The number of hydrogen-bond acceptors (Lipinski definition) is 4. The zero-order chi connectivity index (χ0) is 8.20. The van der Waals surface area contributed by atoms with E-state index in [9.17, 15) is 13.2 Å². The van der Waals surface area contributed by atoms with E-state index in [-0.39, 0.29) is 58.0 Å². The van der Waals surface area contributed by atoms with Crippen molar-refractivity contribution in [3.05, 3.63) is 0 Å². The summed E-state index contributed by atoms with van der Waals surface area (Å²) in [5, 5.41) is 0. The Morgan fingerprint density at radius 3 is 2.27 bits per heavy atom. The zero-order valence-corrected chi connectivity index (χ0v) is 10.3. The van der Waals surface area contributed by atoms with Gasteiger partial charge in [0.2, 0.25) is 0 Å². The normalized spacial score (nSPS) is 10.0. The molecule has 1 radical (unpaired) electrons. The molecule has 0 fully saturated rings. The maximum atomic E-state index is 10.0. The van der Waals surface area contributed by atoms with E-state index in [4.69, 9.17) is 4.55 Å². The first kappa shape index (κ1) is 14.5. The summed E-state index contributed by atoms with van der Waals surface area (Å²) in [6.45, 7) is 0.859. The maximum Gasteiger partial charge on any atom is 0.302 e. The Kier molecular flexibility index (Phi) is 8.62. The van der Waals surface area contributed by atoms with E-state index in [1.807, 2.05) is 0 Å². The Balaban J connectivity index is 0. The van der Waals surface area contributed by atoms with Gasteiger partial charge in [0.15, 0.2) is 0 Å². The minimum atomic E-state index is -4.00. The topological polar surface area (TPSA) is 80.7 Å². The Morgan fingerprint density at radius 2 is 2.00 bits per heavy atom. The van der Waals surface area contributed by atoms with Crippen molar-refractivity contribution in [2.75, 3.05) is 12.4 Å². The van der Waals surface area contributed by atoms with E-state index >= 15 is 0 Å². The third kappa shape index (κ3) is 13.9. The van der Waals surface area contributed by atoms with Gasteiger partial charge in [0.25, 0.3) is 10.1 Å². The van der Waals surface area contributed by atoms with Gasteiger partial charge in [-0.05, 0) is 0 Å². The average molecular weight is 207 g/mol. The van der Waals surface area contributed by atoms with Crippen molar-refractivity contribution < 1.29 is 22.5 Å². The van der Waals surface area contributed by atoms with Gasteiger partial charge in [-0.2, -0.15) is 8.42 Å². The van der Waals surface area contributed by atoms with Crippen molar-refractivity contribution in [2.45, 2.75) is 6.92 Å². The molecule has 61 valence electrons. The van der Waals surface area contributed by atoms with Gasteiger partial charge in [-0.25, -0.2) is 0 Å². The smallest absolute Gasteiger partial charge is 0.302 e. The number of ether oxygens (including phenoxy) is 1. The molecule has 0 aliphatic heterocycles. The van der Waals surface area contributed by atoms with E-state index in [0.717, 1.165) is 6.92 Å². The standard InChI is InChI=1S/C4H8O5S.K/c1-4(5)9-2-3-10(6,7)8;/h2-3H2,1H3,(H,6,7,8);. The first-order valence-electron chi connectivity index (χ1n) is 2.50. The van der Waals surface area contributed by atoms with Crippen LogP contribution < -0.4 is 0 Å². The van der Waals surface area contributed by atoms with E-state index in [1.165, 1.54) is 0 Å². The molecule has 0 rings (SSSR count). The van der Waals surface area contributed by atoms with Gasteiger partial charge >= 0.3 is 5.97 Å². The maximum absolute atomic E-state index is 10.0. The van der Waals surface area contributed by atoms with Crippen LogP contribution in [0.1, 0.15) is 6.92 Å². The second-order valence-electron chi connectivity index (χ2n) is 1.63. The van der Waals surface area contributed by atoms with Crippen molar-refractivity contribution >= 4 is 67.5 Å². The Labute approximate surface area is 108 Å². The van der Waals surface area contributed by atoms with Crippen LogP contribution in [0.2, 0.25) is 0 Å². The van der Waals surface area contributed by atoms with Gasteiger partial charge in [0.05, 0.1) is 0 Å². The molecule has 0 unspecified atom stereocenters. The number of esters is 1. The first-order chi connectivity index (χ1) is 4.42. The van der Waals surface area contributed by atoms with Gasteiger partial charge < -0.3 is 4.74 Å². The second-order valence-corrected chi connectivity index (χ2v) is 3.20. The van der Waals surface area contributed by atoms with E-state index in [2.05, 4.69) is 4.74 Å². The number of carbonyl (C=O) groups is 1. The minimum Gasteiger partial charge on any atom is -0.465 e. The van der Waals surface area contributed by atoms with Crippen LogP contribution in [0, 0.1) is 0 Å². The van der Waals surface area contributed by atoms with Crippen LogP contribution in [-0.2, 0) is 19.6 Å². The molecule has 0 heterocycles. The van der Waals surface area contributed by atoms with Crippen LogP contribution in [0.25, 0.3) is 0 Å². The Bertz CT molecular complexity index is 209. The van der Waals surface area contributed by atoms with Crippen molar-refractivity contribution in [3.8, 4) is 0 Å². The Hall–Kier alpha value is 1.02. The number of hydrogen-bond donors (Lipinski definition) is 1. The molecule has 0 aromatic heterocycles. The molecule has 7 heteroatoms. The molecule has 0 aliphatic rings. The zero-order valence-electron chi connectivity index (χ0n) is 6.40. The molecule has 11 heavy (non-hydrogen) atoms. The van der Waals surface area contributed by atoms with Gasteiger partial charge in [0.1, 0.15) is 12.4 Å². The molecule has 0 atom stereocenters. The van der Waals surface area contributed by atoms with Crippen LogP contribution in [-0.4, -0.2) is 82.7 Å². The summed E-state index contributed by atoms with van der Waals surface area (Å²) < 4.78 is 32.3. The molecule has 0 aliphatic carbocycles. The van der Waals surface area contributed by atoms with Gasteiger partial charge in [-0.15, -0.1) is 0 Å². The van der Waals surface area contributed by atoms with Crippen LogP contribution in [0.5, 0.6) is 0 Å². The van der Waals surface area contributed by atoms with E-state index < -0.39 is 21.8 Å². The summed E-state index contributed by atoms with van der Waals surface area (Å²) in [5.74, 6) is -1.12. The van der Waals surface area contributed by atoms with Gasteiger partial charge in [0, 0.05) is 58.3 Å². The minimum absolute atomic E-state index is 0. The molecule has 0 aromatic carbocycles. The summed E-state index contributed by atoms with van der Waals surface area (Å²) in [6, 6.07) is 0. The van der Waals surface area contributed by atoms with Crippen molar-refractivity contribution in [3.63, 3.8) is 0 Å². The van der Waals surface area contributed by atoms with Crippen LogP contribution in [0.3, 0.4) is 0 Å². The Morgan fingerprint density at radius 1 is 1.55 bits per heavy atom. The second kappa shape index (κ2) is 6.52. The SMILES string of the molecule is CC(=O)OCCS(=O)(=O)O.[K]. The molecule has 0 saturated heterocycles. The largest absolute Gasteiger partial charge is 0.465 e. The summed E-state index contributed by atoms with van der Waals surface area (Å²) >= 11 is 0. The number of rotatable bonds is 3. The van der Waals surface area contributed by atoms with Crippen LogP contribution in [0.4, 0.5) is 0 Å². The summed E-state index contributed by atoms with van der Waals surface area (Å²) in [5.41, 5.74) is 0. The van der Waals surface area contributed by atoms with E-state index in [0.29, 0.717) is 0 Å². The molecule has 0 spiro atoms. The average Bonchev–Trinajstić information content (AvgIpc) is 1.59. The number of carbonyl (C=O) groups excluding carboxylic acids is 1. The monoisotopic (exact) mass is 207 g/mol. The molecule has 0 saturated carbocycles. The van der Waals surface area contributed by atoms with Gasteiger partial charge in [-0.3, -0.25) is 9.35 Å². The fourth-order valence-electron chi connectivity index (χ4n) is 0.291. The van der Waals surface area contributed by atoms with Crippen molar-refractivity contribution in [2.24, 2.45) is 0 Å². The summed E-state index contributed by atoms with van der Waals surface area (Å²) in [6.07, 6.45) is 0. The fourth-order valence-corrected chi connectivity index (χ4v) is 0.585. The summed E-state index contributed by atoms with van der Waals surface area (Å²) in [7, 11) is -4.00. The molecular formula is C4H8KO5S. The molecule has 0 bridgehead atoms. The van der Waals surface area contributed by atoms with Gasteiger partial charge in [-0.1, -0.05) is 0 Å². The van der Waals surface area contributed by atoms with E-state index in [1.54, 1.807) is 0 Å². The first-order valence-corrected chi connectivity index (χ1v) is 4.11. The fraction of sp³-hybridized carbons (Fsp3) is 0.750. The molecular weight excluding hydrogens is 199 g/mol. The molecule has 0 aromatic rings. The third-order valence-corrected chi connectivity index (χ3v) is 1.33. The molecule has 1 N–H and O–H groups in total. The third-order valence-electron chi connectivity index (χ3n) is 0.647. The molecule has 5 nitrogen and oxygen atoms in total. The summed E-state index contributed by atoms with van der Waals surface area (Å²) in [4.78, 5) is 10.0.